The van der Waals surface area contributed by atoms with Crippen molar-refractivity contribution < 1.29 is 9.53 Å². The van der Waals surface area contributed by atoms with E-state index in [9.17, 15) is 4.79 Å². The van der Waals surface area contributed by atoms with Crippen LogP contribution >= 0.6 is 23.4 Å². The Balaban J connectivity index is 1.75. The van der Waals surface area contributed by atoms with Crippen LogP contribution in [-0.4, -0.2) is 24.3 Å². The molecule has 0 spiro atoms. The SMILES string of the molecule is Cc1cccc(O[C@@H](C)C(=O)NCCSc2ccc(Cl)cc2)c1C. The minimum atomic E-state index is -0.522. The molecule has 0 heterocycles. The number of aryl methyl sites for hydroxylation is 1. The van der Waals surface area contributed by atoms with Crippen molar-refractivity contribution in [3.8, 4) is 5.75 Å². The van der Waals surface area contributed by atoms with Crippen molar-refractivity contribution in [2.45, 2.75) is 31.8 Å². The van der Waals surface area contributed by atoms with E-state index in [-0.39, 0.29) is 5.91 Å². The van der Waals surface area contributed by atoms with E-state index in [2.05, 4.69) is 5.32 Å². The van der Waals surface area contributed by atoms with E-state index in [1.807, 2.05) is 56.3 Å². The van der Waals surface area contributed by atoms with Crippen LogP contribution in [0.15, 0.2) is 47.4 Å². The van der Waals surface area contributed by atoms with Crippen LogP contribution in [0.4, 0.5) is 0 Å². The van der Waals surface area contributed by atoms with Crippen molar-refractivity contribution in [1.29, 1.82) is 0 Å². The van der Waals surface area contributed by atoms with E-state index in [1.54, 1.807) is 18.7 Å². The van der Waals surface area contributed by atoms with Gasteiger partial charge in [-0.3, -0.25) is 4.79 Å². The molecular weight excluding hydrogens is 342 g/mol. The van der Waals surface area contributed by atoms with E-state index >= 15 is 0 Å². The number of thioether (sulfide) groups is 1. The number of hydrogen-bond donors (Lipinski definition) is 1. The van der Waals surface area contributed by atoms with Crippen LogP contribution in [0.2, 0.25) is 5.02 Å². The Morgan fingerprint density at radius 1 is 1.21 bits per heavy atom. The topological polar surface area (TPSA) is 38.3 Å². The molecule has 2 aromatic rings. The normalized spacial score (nSPS) is 11.8. The summed E-state index contributed by atoms with van der Waals surface area (Å²) in [6.07, 6.45) is -0.522. The first kappa shape index (κ1) is 18.7. The molecule has 128 valence electrons. The molecule has 0 aliphatic carbocycles. The fraction of sp³-hybridized carbons (Fsp3) is 0.316. The Morgan fingerprint density at radius 3 is 2.62 bits per heavy atom. The molecule has 2 aromatic carbocycles. The van der Waals surface area contributed by atoms with Crippen LogP contribution in [0.5, 0.6) is 5.75 Å². The van der Waals surface area contributed by atoms with E-state index in [4.69, 9.17) is 16.3 Å². The molecule has 0 unspecified atom stereocenters. The summed E-state index contributed by atoms with van der Waals surface area (Å²) in [5.74, 6) is 1.45. The molecule has 0 aliphatic rings. The van der Waals surface area contributed by atoms with Gasteiger partial charge in [0, 0.05) is 22.2 Å². The van der Waals surface area contributed by atoms with Gasteiger partial charge in [0.15, 0.2) is 6.10 Å². The average molecular weight is 364 g/mol. The second-order valence-corrected chi connectivity index (χ2v) is 7.16. The average Bonchev–Trinajstić information content (AvgIpc) is 2.57. The smallest absolute Gasteiger partial charge is 0.260 e. The van der Waals surface area contributed by atoms with Gasteiger partial charge in [0.1, 0.15) is 5.75 Å². The largest absolute Gasteiger partial charge is 0.481 e. The predicted molar refractivity (Wildman–Crippen MR) is 101 cm³/mol. The summed E-state index contributed by atoms with van der Waals surface area (Å²) in [6.45, 7) is 6.38. The Kier molecular flexibility index (Phi) is 7.00. The summed E-state index contributed by atoms with van der Waals surface area (Å²) in [5, 5.41) is 3.63. The maximum Gasteiger partial charge on any atom is 0.260 e. The van der Waals surface area contributed by atoms with Gasteiger partial charge < -0.3 is 10.1 Å². The molecule has 2 rings (SSSR count). The van der Waals surface area contributed by atoms with Crippen molar-refractivity contribution >= 4 is 29.3 Å². The molecule has 1 atom stereocenters. The van der Waals surface area contributed by atoms with Gasteiger partial charge in [0.2, 0.25) is 0 Å². The van der Waals surface area contributed by atoms with Crippen molar-refractivity contribution in [2.75, 3.05) is 12.3 Å². The molecule has 1 amide bonds. The first-order chi connectivity index (χ1) is 11.5. The van der Waals surface area contributed by atoms with Crippen LogP contribution in [-0.2, 0) is 4.79 Å². The lowest BCUT2D eigenvalue weighted by molar-refractivity contribution is -0.127. The number of benzene rings is 2. The molecule has 0 bridgehead atoms. The van der Waals surface area contributed by atoms with E-state index in [0.717, 1.165) is 32.5 Å². The van der Waals surface area contributed by atoms with Gasteiger partial charge >= 0.3 is 0 Å². The summed E-state index contributed by atoms with van der Waals surface area (Å²) < 4.78 is 5.78. The third-order valence-corrected chi connectivity index (χ3v) is 4.98. The van der Waals surface area contributed by atoms with Gasteiger partial charge in [0.25, 0.3) is 5.91 Å². The van der Waals surface area contributed by atoms with Gasteiger partial charge in [0.05, 0.1) is 0 Å². The lowest BCUT2D eigenvalue weighted by atomic mass is 10.1. The zero-order valence-corrected chi connectivity index (χ0v) is 15.7. The van der Waals surface area contributed by atoms with Crippen LogP contribution < -0.4 is 10.1 Å². The molecule has 0 radical (unpaired) electrons. The first-order valence-electron chi connectivity index (χ1n) is 7.86. The molecule has 0 aromatic heterocycles. The molecule has 0 fully saturated rings. The minimum absolute atomic E-state index is 0.104. The summed E-state index contributed by atoms with van der Waals surface area (Å²) in [4.78, 5) is 13.3. The van der Waals surface area contributed by atoms with Gasteiger partial charge in [-0.25, -0.2) is 0 Å². The van der Waals surface area contributed by atoms with Gasteiger partial charge in [-0.1, -0.05) is 23.7 Å². The third kappa shape index (κ3) is 5.46. The number of amides is 1. The number of carbonyl (C=O) groups excluding carboxylic acids is 1. The number of rotatable bonds is 7. The predicted octanol–water partition coefficient (Wildman–Crippen LogP) is 4.63. The zero-order chi connectivity index (χ0) is 17.5. The number of halogens is 1. The molecule has 0 saturated heterocycles. The molecular formula is C19H22ClNO2S. The van der Waals surface area contributed by atoms with Gasteiger partial charge in [-0.15, -0.1) is 11.8 Å². The van der Waals surface area contributed by atoms with Crippen LogP contribution in [0.25, 0.3) is 0 Å². The van der Waals surface area contributed by atoms with Crippen molar-refractivity contribution in [3.63, 3.8) is 0 Å². The minimum Gasteiger partial charge on any atom is -0.481 e. The monoisotopic (exact) mass is 363 g/mol. The van der Waals surface area contributed by atoms with Gasteiger partial charge in [-0.05, 0) is 62.2 Å². The molecule has 3 nitrogen and oxygen atoms in total. The first-order valence-corrected chi connectivity index (χ1v) is 9.22. The number of hydrogen-bond acceptors (Lipinski definition) is 3. The van der Waals surface area contributed by atoms with Crippen molar-refractivity contribution in [3.05, 3.63) is 58.6 Å². The molecule has 1 N–H and O–H groups in total. The van der Waals surface area contributed by atoms with Crippen molar-refractivity contribution in [1.82, 2.24) is 5.32 Å². The maximum atomic E-state index is 12.1. The lowest BCUT2D eigenvalue weighted by Crippen LogP contribution is -2.37. The van der Waals surface area contributed by atoms with E-state index in [0.29, 0.717) is 6.54 Å². The Labute approximate surface area is 152 Å². The fourth-order valence-electron chi connectivity index (χ4n) is 2.11. The van der Waals surface area contributed by atoms with E-state index in [1.165, 1.54) is 0 Å². The highest BCUT2D eigenvalue weighted by molar-refractivity contribution is 7.99. The number of ether oxygens (including phenoxy) is 1. The number of nitrogens with one attached hydrogen (secondary N) is 1. The van der Waals surface area contributed by atoms with Crippen molar-refractivity contribution in [2.24, 2.45) is 0 Å². The maximum absolute atomic E-state index is 12.1. The lowest BCUT2D eigenvalue weighted by Gasteiger charge is -2.17. The Bertz CT molecular complexity index is 688. The molecule has 0 saturated carbocycles. The van der Waals surface area contributed by atoms with Crippen LogP contribution in [0.1, 0.15) is 18.1 Å². The fourth-order valence-corrected chi connectivity index (χ4v) is 3.01. The van der Waals surface area contributed by atoms with Gasteiger partial charge in [-0.2, -0.15) is 0 Å². The van der Waals surface area contributed by atoms with Crippen LogP contribution in [0, 0.1) is 13.8 Å². The second-order valence-electron chi connectivity index (χ2n) is 5.55. The third-order valence-electron chi connectivity index (χ3n) is 3.71. The quantitative estimate of drug-likeness (QED) is 0.575. The highest BCUT2D eigenvalue weighted by atomic mass is 35.5. The van der Waals surface area contributed by atoms with Crippen LogP contribution in [0.3, 0.4) is 0 Å². The second kappa shape index (κ2) is 9.00. The molecule has 5 heteroatoms. The molecule has 24 heavy (non-hydrogen) atoms. The highest BCUT2D eigenvalue weighted by Crippen LogP contribution is 2.22. The highest BCUT2D eigenvalue weighted by Gasteiger charge is 2.15. The summed E-state index contributed by atoms with van der Waals surface area (Å²) >= 11 is 7.53. The number of carbonyl (C=O) groups is 1. The van der Waals surface area contributed by atoms with E-state index < -0.39 is 6.10 Å². The Morgan fingerprint density at radius 2 is 1.92 bits per heavy atom. The summed E-state index contributed by atoms with van der Waals surface area (Å²) in [5.41, 5.74) is 2.22. The Hall–Kier alpha value is -1.65. The standard InChI is InChI=1S/C19H22ClNO2S/c1-13-5-4-6-18(14(13)2)23-15(3)19(22)21-11-12-24-17-9-7-16(20)8-10-17/h4-10,15H,11-12H2,1-3H3,(H,21,22)/t15-/m0/s1. The zero-order valence-electron chi connectivity index (χ0n) is 14.1. The summed E-state index contributed by atoms with van der Waals surface area (Å²) in [7, 11) is 0. The summed E-state index contributed by atoms with van der Waals surface area (Å²) in [6, 6.07) is 13.5. The molecule has 0 aliphatic heterocycles.